The summed E-state index contributed by atoms with van der Waals surface area (Å²) in [7, 11) is 0. The highest BCUT2D eigenvalue weighted by Crippen LogP contribution is 2.53. The molecular formula is C24H23F6N5O3. The quantitative estimate of drug-likeness (QED) is 0.438. The second-order valence-corrected chi connectivity index (χ2v) is 9.19. The summed E-state index contributed by atoms with van der Waals surface area (Å²) in [6.45, 7) is -2.39. The SMILES string of the molecule is FC(F)F.O=C(O)c1cccnc1NCc1cc(C(F)(F)F)cn2c(=O)cc(N3CCC4(CC3)CC4)nc12. The van der Waals surface area contributed by atoms with Gasteiger partial charge in [-0.15, -0.1) is 0 Å². The van der Waals surface area contributed by atoms with Crippen LogP contribution < -0.4 is 15.8 Å². The molecule has 3 aromatic heterocycles. The number of pyridine rings is 2. The standard InChI is InChI=1S/C23H22F3N5O3.CHF3/c24-23(25,26)15-10-14(12-28-19-16(21(33)34)2-1-7-27-19)20-29-17(11-18(32)31(20)13-15)30-8-5-22(3-4-22)6-9-30;2-1(3)4/h1-2,7,10-11,13H,3-6,8-9,12H2,(H,27,28)(H,33,34);1H. The van der Waals surface area contributed by atoms with Gasteiger partial charge < -0.3 is 15.3 Å². The number of carbonyl (C=O) groups is 1. The number of alkyl halides is 6. The largest absolute Gasteiger partial charge is 0.478 e. The van der Waals surface area contributed by atoms with E-state index in [9.17, 15) is 41.0 Å². The van der Waals surface area contributed by atoms with Crippen LogP contribution in [0.4, 0.5) is 38.0 Å². The molecule has 5 rings (SSSR count). The topological polar surface area (TPSA) is 99.8 Å². The van der Waals surface area contributed by atoms with Gasteiger partial charge in [0.1, 0.15) is 22.8 Å². The molecule has 1 aliphatic carbocycles. The summed E-state index contributed by atoms with van der Waals surface area (Å²) in [5.41, 5.74) is -1.12. The molecule has 0 bridgehead atoms. The second kappa shape index (κ2) is 10.5. The third-order valence-electron chi connectivity index (χ3n) is 6.74. The molecule has 0 amide bonds. The number of aromatic nitrogens is 3. The van der Waals surface area contributed by atoms with Crippen LogP contribution in [0.3, 0.4) is 0 Å². The Labute approximate surface area is 211 Å². The van der Waals surface area contributed by atoms with Crippen molar-refractivity contribution in [1.29, 1.82) is 0 Å². The van der Waals surface area contributed by atoms with Crippen LogP contribution in [0.1, 0.15) is 47.2 Å². The lowest BCUT2D eigenvalue weighted by molar-refractivity contribution is -0.137. The maximum Gasteiger partial charge on any atom is 0.417 e. The van der Waals surface area contributed by atoms with E-state index in [1.165, 1.54) is 37.2 Å². The zero-order valence-electron chi connectivity index (χ0n) is 19.8. The molecule has 204 valence electrons. The molecule has 0 radical (unpaired) electrons. The van der Waals surface area contributed by atoms with Gasteiger partial charge in [0, 0.05) is 43.7 Å². The van der Waals surface area contributed by atoms with E-state index in [-0.39, 0.29) is 29.1 Å². The highest BCUT2D eigenvalue weighted by Gasteiger charge is 2.44. The van der Waals surface area contributed by atoms with Gasteiger partial charge in [-0.1, -0.05) is 0 Å². The van der Waals surface area contributed by atoms with Crippen LogP contribution in [0.5, 0.6) is 0 Å². The summed E-state index contributed by atoms with van der Waals surface area (Å²) in [4.78, 5) is 34.9. The molecule has 2 N–H and O–H groups in total. The number of fused-ring (bicyclic) bond motifs is 1. The first-order chi connectivity index (χ1) is 17.9. The first kappa shape index (κ1) is 27.2. The fraction of sp³-hybridized carbons (Fsp3) is 0.417. The number of hydrogen-bond acceptors (Lipinski definition) is 6. The highest BCUT2D eigenvalue weighted by molar-refractivity contribution is 5.93. The van der Waals surface area contributed by atoms with Crippen LogP contribution in [0.2, 0.25) is 0 Å². The van der Waals surface area contributed by atoms with Crippen LogP contribution in [-0.4, -0.2) is 45.2 Å². The summed E-state index contributed by atoms with van der Waals surface area (Å²) in [5.74, 6) is -0.778. The molecule has 1 aliphatic heterocycles. The van der Waals surface area contributed by atoms with Crippen molar-refractivity contribution in [2.75, 3.05) is 23.3 Å². The number of hydrogen-bond donors (Lipinski definition) is 2. The molecule has 1 spiro atoms. The predicted octanol–water partition coefficient (Wildman–Crippen LogP) is 4.98. The van der Waals surface area contributed by atoms with E-state index < -0.39 is 29.9 Å². The zero-order chi connectivity index (χ0) is 27.7. The van der Waals surface area contributed by atoms with Gasteiger partial charge in [-0.25, -0.2) is 14.8 Å². The number of anilines is 2. The number of rotatable bonds is 5. The highest BCUT2D eigenvalue weighted by atomic mass is 19.4. The fourth-order valence-corrected chi connectivity index (χ4v) is 4.49. The van der Waals surface area contributed by atoms with Crippen molar-refractivity contribution in [3.05, 3.63) is 63.7 Å². The van der Waals surface area contributed by atoms with Gasteiger partial charge in [0.15, 0.2) is 0 Å². The van der Waals surface area contributed by atoms with Crippen LogP contribution in [0.15, 0.2) is 41.5 Å². The molecule has 0 unspecified atom stereocenters. The van der Waals surface area contributed by atoms with E-state index >= 15 is 0 Å². The number of piperidine rings is 1. The summed E-state index contributed by atoms with van der Waals surface area (Å²) in [5, 5.41) is 12.1. The van der Waals surface area contributed by atoms with Gasteiger partial charge in [-0.05, 0) is 49.3 Å². The summed E-state index contributed by atoms with van der Waals surface area (Å²) < 4.78 is 70.6. The van der Waals surface area contributed by atoms with E-state index in [4.69, 9.17) is 0 Å². The number of nitrogens with zero attached hydrogens (tertiary/aromatic N) is 4. The van der Waals surface area contributed by atoms with Crippen molar-refractivity contribution < 1.29 is 36.2 Å². The van der Waals surface area contributed by atoms with E-state index in [1.54, 1.807) is 0 Å². The van der Waals surface area contributed by atoms with E-state index in [0.717, 1.165) is 42.6 Å². The summed E-state index contributed by atoms with van der Waals surface area (Å²) >= 11 is 0. The lowest BCUT2D eigenvalue weighted by Crippen LogP contribution is -2.36. The molecule has 38 heavy (non-hydrogen) atoms. The Bertz CT molecular complexity index is 1380. The minimum absolute atomic E-state index is 0.00910. The lowest BCUT2D eigenvalue weighted by Gasteiger charge is -2.33. The molecule has 0 aromatic carbocycles. The lowest BCUT2D eigenvalue weighted by atomic mass is 9.94. The molecule has 2 fully saturated rings. The minimum atomic E-state index is -4.68. The van der Waals surface area contributed by atoms with Gasteiger partial charge >= 0.3 is 18.8 Å². The number of aromatic carboxylic acids is 1. The fourth-order valence-electron chi connectivity index (χ4n) is 4.49. The predicted molar refractivity (Wildman–Crippen MR) is 125 cm³/mol. The first-order valence-corrected chi connectivity index (χ1v) is 11.6. The maximum atomic E-state index is 13.6. The Morgan fingerprint density at radius 2 is 1.79 bits per heavy atom. The number of carboxylic acids is 1. The zero-order valence-corrected chi connectivity index (χ0v) is 19.8. The van der Waals surface area contributed by atoms with E-state index in [1.807, 2.05) is 4.90 Å². The minimum Gasteiger partial charge on any atom is -0.478 e. The normalized spacial score (nSPS) is 16.3. The van der Waals surface area contributed by atoms with Crippen LogP contribution in [-0.2, 0) is 12.7 Å². The number of carboxylic acid groups (broad SMARTS) is 1. The Hall–Kier alpha value is -3.84. The van der Waals surface area contributed by atoms with Gasteiger partial charge in [-0.2, -0.15) is 26.3 Å². The van der Waals surface area contributed by atoms with Crippen molar-refractivity contribution in [3.63, 3.8) is 0 Å². The smallest absolute Gasteiger partial charge is 0.417 e. The first-order valence-electron chi connectivity index (χ1n) is 11.6. The second-order valence-electron chi connectivity index (χ2n) is 9.19. The van der Waals surface area contributed by atoms with E-state index in [2.05, 4.69) is 15.3 Å². The van der Waals surface area contributed by atoms with Gasteiger partial charge in [0.05, 0.1) is 5.56 Å². The molecule has 14 heteroatoms. The number of nitrogens with one attached hydrogen (secondary N) is 1. The van der Waals surface area contributed by atoms with Crippen molar-refractivity contribution in [2.24, 2.45) is 5.41 Å². The maximum absolute atomic E-state index is 13.6. The molecule has 2 aliphatic rings. The van der Waals surface area contributed by atoms with Gasteiger partial charge in [-0.3, -0.25) is 9.20 Å². The van der Waals surface area contributed by atoms with Gasteiger partial charge in [0.2, 0.25) is 0 Å². The monoisotopic (exact) mass is 543 g/mol. The Morgan fingerprint density at radius 3 is 2.37 bits per heavy atom. The molecule has 4 heterocycles. The average Bonchev–Trinajstić information content (AvgIpc) is 3.60. The third-order valence-corrected chi connectivity index (χ3v) is 6.74. The molecule has 0 atom stereocenters. The Kier molecular flexibility index (Phi) is 7.51. The van der Waals surface area contributed by atoms with Crippen molar-refractivity contribution >= 4 is 23.3 Å². The van der Waals surface area contributed by atoms with Crippen LogP contribution >= 0.6 is 0 Å². The van der Waals surface area contributed by atoms with Crippen molar-refractivity contribution in [2.45, 2.75) is 45.1 Å². The van der Waals surface area contributed by atoms with Crippen molar-refractivity contribution in [1.82, 2.24) is 14.4 Å². The van der Waals surface area contributed by atoms with Crippen LogP contribution in [0, 0.1) is 5.41 Å². The Balaban J connectivity index is 0.000000786. The average molecular weight is 543 g/mol. The summed E-state index contributed by atoms with van der Waals surface area (Å²) in [6, 6.07) is 4.99. The third kappa shape index (κ3) is 6.17. The molecule has 3 aromatic rings. The molecular weight excluding hydrogens is 520 g/mol. The Morgan fingerprint density at radius 1 is 1.13 bits per heavy atom. The molecule has 1 saturated heterocycles. The molecule has 1 saturated carbocycles. The van der Waals surface area contributed by atoms with E-state index in [0.29, 0.717) is 11.2 Å². The summed E-state index contributed by atoms with van der Waals surface area (Å²) in [6.07, 6.45) is 1.90. The van der Waals surface area contributed by atoms with Gasteiger partial charge in [0.25, 0.3) is 5.56 Å². The van der Waals surface area contributed by atoms with Crippen LogP contribution in [0.25, 0.3) is 5.65 Å². The molecule has 8 nitrogen and oxygen atoms in total. The van der Waals surface area contributed by atoms with Crippen molar-refractivity contribution in [3.8, 4) is 0 Å². The number of halogens is 6.